The van der Waals surface area contributed by atoms with Crippen LogP contribution in [-0.2, 0) is 9.53 Å². The number of methoxy groups -OCH3 is 1. The van der Waals surface area contributed by atoms with Crippen molar-refractivity contribution in [2.75, 3.05) is 25.5 Å². The van der Waals surface area contributed by atoms with Gasteiger partial charge in [0.1, 0.15) is 0 Å². The fourth-order valence-corrected chi connectivity index (χ4v) is 3.47. The van der Waals surface area contributed by atoms with E-state index in [1.807, 2.05) is 12.1 Å². The van der Waals surface area contributed by atoms with Gasteiger partial charge in [0, 0.05) is 34.7 Å². The number of carbonyl (C=O) groups is 3. The maximum Gasteiger partial charge on any atom is 0.337 e. The number of nitrogens with zero attached hydrogens (tertiary/aromatic N) is 1. The molecule has 1 N–H and O–H groups in total. The SMILES string of the molecule is COC(=O)c1cccc(NC(=O)C2CCN(C(=O)c3ccc(Br)cc3)CC2)c1. The van der Waals surface area contributed by atoms with Gasteiger partial charge in [0.2, 0.25) is 5.91 Å². The molecule has 2 aromatic rings. The summed E-state index contributed by atoms with van der Waals surface area (Å²) in [6.07, 6.45) is 1.20. The summed E-state index contributed by atoms with van der Waals surface area (Å²) in [6, 6.07) is 13.9. The normalized spacial score (nSPS) is 14.4. The standard InChI is InChI=1S/C21H21BrN2O4/c1-28-21(27)16-3-2-4-18(13-16)23-19(25)14-9-11-24(12-10-14)20(26)15-5-7-17(22)8-6-15/h2-8,13-14H,9-12H2,1H3,(H,23,25). The lowest BCUT2D eigenvalue weighted by Crippen LogP contribution is -2.41. The number of nitrogens with one attached hydrogen (secondary N) is 1. The molecule has 0 bridgehead atoms. The van der Waals surface area contributed by atoms with E-state index in [9.17, 15) is 14.4 Å². The molecule has 2 amide bonds. The summed E-state index contributed by atoms with van der Waals surface area (Å²) >= 11 is 3.36. The number of piperidine rings is 1. The van der Waals surface area contributed by atoms with Crippen molar-refractivity contribution < 1.29 is 19.1 Å². The molecule has 2 aromatic carbocycles. The topological polar surface area (TPSA) is 75.7 Å². The van der Waals surface area contributed by atoms with Gasteiger partial charge in [-0.15, -0.1) is 0 Å². The van der Waals surface area contributed by atoms with Crippen molar-refractivity contribution in [3.05, 3.63) is 64.1 Å². The number of hydrogen-bond acceptors (Lipinski definition) is 4. The van der Waals surface area contributed by atoms with Crippen LogP contribution in [0.1, 0.15) is 33.6 Å². The molecule has 6 nitrogen and oxygen atoms in total. The minimum absolute atomic E-state index is 0.0165. The Bertz CT molecular complexity index is 874. The summed E-state index contributed by atoms with van der Waals surface area (Å²) in [7, 11) is 1.32. The van der Waals surface area contributed by atoms with Crippen molar-refractivity contribution in [1.82, 2.24) is 4.90 Å². The van der Waals surface area contributed by atoms with E-state index in [1.165, 1.54) is 7.11 Å². The first-order chi connectivity index (χ1) is 13.5. The molecule has 1 saturated heterocycles. The molecule has 3 rings (SSSR count). The highest BCUT2D eigenvalue weighted by molar-refractivity contribution is 9.10. The van der Waals surface area contributed by atoms with Gasteiger partial charge in [-0.1, -0.05) is 22.0 Å². The first-order valence-electron chi connectivity index (χ1n) is 9.02. The molecular formula is C21H21BrN2O4. The second-order valence-corrected chi connectivity index (χ2v) is 7.55. The Morgan fingerprint density at radius 2 is 1.71 bits per heavy atom. The van der Waals surface area contributed by atoms with Gasteiger partial charge in [-0.25, -0.2) is 4.79 Å². The average molecular weight is 445 g/mol. The third-order valence-electron chi connectivity index (χ3n) is 4.80. The lowest BCUT2D eigenvalue weighted by Gasteiger charge is -2.31. The lowest BCUT2D eigenvalue weighted by atomic mass is 9.95. The molecule has 28 heavy (non-hydrogen) atoms. The van der Waals surface area contributed by atoms with Gasteiger partial charge in [0.25, 0.3) is 5.91 Å². The van der Waals surface area contributed by atoms with E-state index >= 15 is 0 Å². The summed E-state index contributed by atoms with van der Waals surface area (Å²) in [4.78, 5) is 38.5. The Morgan fingerprint density at radius 1 is 1.04 bits per heavy atom. The van der Waals surface area contributed by atoms with Crippen LogP contribution in [0.3, 0.4) is 0 Å². The van der Waals surface area contributed by atoms with Crippen LogP contribution in [-0.4, -0.2) is 42.9 Å². The zero-order valence-corrected chi connectivity index (χ0v) is 17.1. The summed E-state index contributed by atoms with van der Waals surface area (Å²) in [5, 5.41) is 2.86. The number of likely N-dealkylation sites (tertiary alicyclic amines) is 1. The minimum atomic E-state index is -0.448. The van der Waals surface area contributed by atoms with Crippen LogP contribution in [0.4, 0.5) is 5.69 Å². The van der Waals surface area contributed by atoms with Gasteiger partial charge in [-0.3, -0.25) is 9.59 Å². The van der Waals surface area contributed by atoms with E-state index < -0.39 is 5.97 Å². The summed E-state index contributed by atoms with van der Waals surface area (Å²) in [5.74, 6) is -0.735. The van der Waals surface area contributed by atoms with E-state index in [0.29, 0.717) is 42.7 Å². The lowest BCUT2D eigenvalue weighted by molar-refractivity contribution is -0.121. The first kappa shape index (κ1) is 20.1. The maximum absolute atomic E-state index is 12.6. The van der Waals surface area contributed by atoms with Crippen LogP contribution < -0.4 is 5.32 Å². The fraction of sp³-hybridized carbons (Fsp3) is 0.286. The van der Waals surface area contributed by atoms with Gasteiger partial charge >= 0.3 is 5.97 Å². The maximum atomic E-state index is 12.6. The number of halogens is 1. The molecule has 1 fully saturated rings. The molecular weight excluding hydrogens is 424 g/mol. The summed E-state index contributed by atoms with van der Waals surface area (Å²) in [5.41, 5.74) is 1.59. The number of amides is 2. The van der Waals surface area contributed by atoms with Crippen molar-refractivity contribution in [2.24, 2.45) is 5.92 Å². The van der Waals surface area contributed by atoms with Gasteiger partial charge in [-0.2, -0.15) is 0 Å². The van der Waals surface area contributed by atoms with Crippen LogP contribution in [0, 0.1) is 5.92 Å². The molecule has 0 spiro atoms. The highest BCUT2D eigenvalue weighted by Gasteiger charge is 2.28. The molecule has 0 radical (unpaired) electrons. The second-order valence-electron chi connectivity index (χ2n) is 6.64. The molecule has 146 valence electrons. The van der Waals surface area contributed by atoms with E-state index in [2.05, 4.69) is 21.2 Å². The van der Waals surface area contributed by atoms with E-state index in [1.54, 1.807) is 41.3 Å². The highest BCUT2D eigenvalue weighted by atomic mass is 79.9. The van der Waals surface area contributed by atoms with Crippen molar-refractivity contribution in [3.8, 4) is 0 Å². The van der Waals surface area contributed by atoms with Crippen LogP contribution in [0.15, 0.2) is 53.0 Å². The van der Waals surface area contributed by atoms with Gasteiger partial charge in [-0.05, 0) is 55.3 Å². The quantitative estimate of drug-likeness (QED) is 0.728. The summed E-state index contributed by atoms with van der Waals surface area (Å²) in [6.45, 7) is 1.07. The molecule has 0 saturated carbocycles. The number of benzene rings is 2. The number of rotatable bonds is 4. The molecule has 0 atom stereocenters. The molecule has 0 aliphatic carbocycles. The fourth-order valence-electron chi connectivity index (χ4n) is 3.21. The predicted octanol–water partition coefficient (Wildman–Crippen LogP) is 3.73. The second kappa shape index (κ2) is 9.01. The Balaban J connectivity index is 1.56. The van der Waals surface area contributed by atoms with Crippen molar-refractivity contribution >= 4 is 39.4 Å². The molecule has 1 aliphatic rings. The number of hydrogen-bond donors (Lipinski definition) is 1. The number of ether oxygens (including phenoxy) is 1. The van der Waals surface area contributed by atoms with Crippen molar-refractivity contribution in [2.45, 2.75) is 12.8 Å². The number of anilines is 1. The Kier molecular flexibility index (Phi) is 6.46. The minimum Gasteiger partial charge on any atom is -0.465 e. The van der Waals surface area contributed by atoms with Crippen LogP contribution in [0.2, 0.25) is 0 Å². The average Bonchev–Trinajstić information content (AvgIpc) is 2.73. The Morgan fingerprint density at radius 3 is 2.36 bits per heavy atom. The van der Waals surface area contributed by atoms with E-state index in [0.717, 1.165) is 4.47 Å². The van der Waals surface area contributed by atoms with E-state index in [4.69, 9.17) is 4.74 Å². The highest BCUT2D eigenvalue weighted by Crippen LogP contribution is 2.22. The summed E-state index contributed by atoms with van der Waals surface area (Å²) < 4.78 is 5.62. The molecule has 0 aromatic heterocycles. The zero-order valence-electron chi connectivity index (χ0n) is 15.5. The van der Waals surface area contributed by atoms with Gasteiger partial charge in [0.05, 0.1) is 12.7 Å². The first-order valence-corrected chi connectivity index (χ1v) is 9.81. The Hall–Kier alpha value is -2.67. The van der Waals surface area contributed by atoms with Crippen LogP contribution in [0.5, 0.6) is 0 Å². The van der Waals surface area contributed by atoms with Crippen molar-refractivity contribution in [1.29, 1.82) is 0 Å². The molecule has 1 aliphatic heterocycles. The largest absolute Gasteiger partial charge is 0.465 e. The zero-order chi connectivity index (χ0) is 20.1. The third-order valence-corrected chi connectivity index (χ3v) is 5.32. The van der Waals surface area contributed by atoms with Crippen LogP contribution in [0.25, 0.3) is 0 Å². The number of esters is 1. The van der Waals surface area contributed by atoms with Gasteiger partial charge < -0.3 is 15.0 Å². The third kappa shape index (κ3) is 4.78. The van der Waals surface area contributed by atoms with E-state index in [-0.39, 0.29) is 17.7 Å². The van der Waals surface area contributed by atoms with Crippen LogP contribution >= 0.6 is 15.9 Å². The predicted molar refractivity (Wildman–Crippen MR) is 109 cm³/mol. The molecule has 7 heteroatoms. The Labute approximate surface area is 172 Å². The number of carbonyl (C=O) groups excluding carboxylic acids is 3. The molecule has 1 heterocycles. The van der Waals surface area contributed by atoms with Crippen molar-refractivity contribution in [3.63, 3.8) is 0 Å². The molecule has 0 unspecified atom stereocenters. The van der Waals surface area contributed by atoms with Gasteiger partial charge in [0.15, 0.2) is 0 Å². The monoisotopic (exact) mass is 444 g/mol. The smallest absolute Gasteiger partial charge is 0.337 e.